The summed E-state index contributed by atoms with van der Waals surface area (Å²) in [7, 11) is 0. The summed E-state index contributed by atoms with van der Waals surface area (Å²) in [5, 5.41) is 8.40. The molecule has 5 rings (SSSR count). The molecule has 1 atom stereocenters. The minimum absolute atomic E-state index is 0.0959. The van der Waals surface area contributed by atoms with Gasteiger partial charge in [0.1, 0.15) is 17.6 Å². The summed E-state index contributed by atoms with van der Waals surface area (Å²) in [6.07, 6.45) is 4.73. The fourth-order valence-electron chi connectivity index (χ4n) is 3.93. The van der Waals surface area contributed by atoms with E-state index in [1.54, 1.807) is 24.3 Å². The molecule has 2 aromatic heterocycles. The first-order valence-corrected chi connectivity index (χ1v) is 11.9. The zero-order chi connectivity index (χ0) is 24.4. The van der Waals surface area contributed by atoms with Crippen molar-refractivity contribution >= 4 is 45.3 Å². The second-order valence-corrected chi connectivity index (χ2v) is 8.88. The van der Waals surface area contributed by atoms with E-state index in [9.17, 15) is 14.4 Å². The zero-order valence-electron chi connectivity index (χ0n) is 18.7. The minimum atomic E-state index is -0.414. The van der Waals surface area contributed by atoms with Crippen molar-refractivity contribution in [2.75, 3.05) is 11.9 Å². The van der Waals surface area contributed by atoms with Crippen LogP contribution in [0.2, 0.25) is 0 Å². The van der Waals surface area contributed by atoms with Gasteiger partial charge < -0.3 is 14.5 Å². The molecular formula is C26H21N3O5S. The molecule has 0 aliphatic carbocycles. The van der Waals surface area contributed by atoms with Gasteiger partial charge in [0, 0.05) is 35.9 Å². The molecule has 0 fully saturated rings. The molecule has 0 radical (unpaired) electrons. The Labute approximate surface area is 204 Å². The van der Waals surface area contributed by atoms with E-state index in [2.05, 4.69) is 15.6 Å². The average Bonchev–Trinajstić information content (AvgIpc) is 3.32. The van der Waals surface area contributed by atoms with Crippen LogP contribution in [0.1, 0.15) is 30.5 Å². The van der Waals surface area contributed by atoms with Crippen molar-refractivity contribution in [2.24, 2.45) is 0 Å². The average molecular weight is 488 g/mol. The van der Waals surface area contributed by atoms with Gasteiger partial charge in [0.15, 0.2) is 10.6 Å². The Morgan fingerprint density at radius 1 is 1.20 bits per heavy atom. The van der Waals surface area contributed by atoms with Crippen molar-refractivity contribution in [2.45, 2.75) is 19.4 Å². The van der Waals surface area contributed by atoms with Crippen LogP contribution in [-0.2, 0) is 9.59 Å². The van der Waals surface area contributed by atoms with Crippen LogP contribution in [-0.4, -0.2) is 23.4 Å². The van der Waals surface area contributed by atoms with Gasteiger partial charge in [-0.3, -0.25) is 19.7 Å². The molecule has 8 nitrogen and oxygen atoms in total. The van der Waals surface area contributed by atoms with Crippen molar-refractivity contribution in [1.82, 2.24) is 10.3 Å². The van der Waals surface area contributed by atoms with Crippen LogP contribution in [0.25, 0.3) is 28.3 Å². The van der Waals surface area contributed by atoms with E-state index in [1.165, 1.54) is 36.7 Å². The van der Waals surface area contributed by atoms with E-state index >= 15 is 0 Å². The van der Waals surface area contributed by atoms with Crippen molar-refractivity contribution in [3.63, 3.8) is 0 Å². The van der Waals surface area contributed by atoms with E-state index in [-0.39, 0.29) is 22.9 Å². The van der Waals surface area contributed by atoms with Gasteiger partial charge in [0.2, 0.25) is 11.8 Å². The summed E-state index contributed by atoms with van der Waals surface area (Å²) in [6, 6.07) is 12.5. The molecule has 0 spiro atoms. The zero-order valence-corrected chi connectivity index (χ0v) is 19.6. The number of nitrogens with zero attached hydrogens (tertiary/aromatic N) is 1. The van der Waals surface area contributed by atoms with Gasteiger partial charge in [-0.25, -0.2) is 4.98 Å². The van der Waals surface area contributed by atoms with Gasteiger partial charge in [-0.1, -0.05) is 12.1 Å². The van der Waals surface area contributed by atoms with Crippen LogP contribution in [0.4, 0.5) is 5.13 Å². The van der Waals surface area contributed by atoms with Gasteiger partial charge >= 0.3 is 0 Å². The maximum atomic E-state index is 12.6. The number of hydrogen-bond donors (Lipinski definition) is 2. The summed E-state index contributed by atoms with van der Waals surface area (Å²) in [5.74, 6) is 0.232. The Morgan fingerprint density at radius 2 is 2.06 bits per heavy atom. The summed E-state index contributed by atoms with van der Waals surface area (Å²) in [6.45, 7) is 2.04. The molecular weight excluding hydrogens is 466 g/mol. The van der Waals surface area contributed by atoms with Gasteiger partial charge in [-0.2, -0.15) is 0 Å². The quantitative estimate of drug-likeness (QED) is 0.400. The highest BCUT2D eigenvalue weighted by Crippen LogP contribution is 2.36. The smallest absolute Gasteiger partial charge is 0.250 e. The molecule has 4 aromatic rings. The highest BCUT2D eigenvalue weighted by molar-refractivity contribution is 7.14. The van der Waals surface area contributed by atoms with Crippen LogP contribution in [0.3, 0.4) is 0 Å². The third-order valence-corrected chi connectivity index (χ3v) is 6.34. The Morgan fingerprint density at radius 3 is 2.91 bits per heavy atom. The molecule has 2 aromatic carbocycles. The van der Waals surface area contributed by atoms with Crippen molar-refractivity contribution < 1.29 is 18.7 Å². The lowest BCUT2D eigenvalue weighted by atomic mass is 9.97. The molecule has 0 bridgehead atoms. The molecule has 3 heterocycles. The molecule has 0 saturated heterocycles. The fourth-order valence-corrected chi connectivity index (χ4v) is 4.66. The largest absolute Gasteiger partial charge is 0.493 e. The topological polar surface area (TPSA) is 111 Å². The second-order valence-electron chi connectivity index (χ2n) is 8.02. The molecule has 1 aliphatic heterocycles. The van der Waals surface area contributed by atoms with Crippen LogP contribution in [0.15, 0.2) is 69.4 Å². The highest BCUT2D eigenvalue weighted by Gasteiger charge is 2.23. The molecule has 176 valence electrons. The van der Waals surface area contributed by atoms with Crippen molar-refractivity contribution in [3.8, 4) is 17.0 Å². The number of carbonyl (C=O) groups is 2. The molecule has 2 N–H and O–H groups in total. The number of para-hydroxylation sites is 1. The number of fused-ring (bicyclic) bond motifs is 2. The number of aromatic nitrogens is 1. The molecule has 0 saturated carbocycles. The first-order chi connectivity index (χ1) is 17.0. The molecule has 9 heteroatoms. The molecule has 1 unspecified atom stereocenters. The van der Waals surface area contributed by atoms with Crippen LogP contribution in [0.5, 0.6) is 5.75 Å². The number of amides is 2. The summed E-state index contributed by atoms with van der Waals surface area (Å²) >= 11 is 1.29. The Balaban J connectivity index is 1.31. The predicted octanol–water partition coefficient (Wildman–Crippen LogP) is 4.53. The van der Waals surface area contributed by atoms with Gasteiger partial charge in [-0.15, -0.1) is 11.3 Å². The van der Waals surface area contributed by atoms with E-state index in [0.29, 0.717) is 34.8 Å². The number of rotatable bonds is 5. The Bertz CT molecular complexity index is 1520. The minimum Gasteiger partial charge on any atom is -0.493 e. The summed E-state index contributed by atoms with van der Waals surface area (Å²) in [4.78, 5) is 41.1. The normalized spacial score (nSPS) is 14.9. The maximum absolute atomic E-state index is 12.6. The number of nitrogens with one attached hydrogen (secondary N) is 2. The fraction of sp³-hybridized carbons (Fsp3) is 0.154. The van der Waals surface area contributed by atoms with E-state index in [4.69, 9.17) is 9.15 Å². The van der Waals surface area contributed by atoms with Gasteiger partial charge in [0.05, 0.1) is 29.3 Å². The van der Waals surface area contributed by atoms with E-state index in [1.807, 2.05) is 23.6 Å². The first kappa shape index (κ1) is 22.5. The number of benzene rings is 2. The standard InChI is InChI=1S/C26H21N3O5S/c1-15(30)27-20-10-11-33-23-8-6-16(12-19(20)23)21-14-35-26(28-21)29-24(31)9-7-17-13-34-22-5-3-2-4-18(22)25(17)32/h2-9,12-14,20H,10-11H2,1H3,(H,27,30)(H,28,29,31)/b9-7+. The lowest BCUT2D eigenvalue weighted by Crippen LogP contribution is -2.30. The monoisotopic (exact) mass is 487 g/mol. The lowest BCUT2D eigenvalue weighted by molar-refractivity contribution is -0.119. The SMILES string of the molecule is CC(=O)NC1CCOc2ccc(-c3csc(NC(=O)/C=C/c4coc5ccccc5c4=O)n3)cc21. The third kappa shape index (κ3) is 4.85. The summed E-state index contributed by atoms with van der Waals surface area (Å²) < 4.78 is 11.2. The predicted molar refractivity (Wildman–Crippen MR) is 134 cm³/mol. The van der Waals surface area contributed by atoms with Crippen molar-refractivity contribution in [3.05, 3.63) is 81.5 Å². The molecule has 1 aliphatic rings. The van der Waals surface area contributed by atoms with Crippen LogP contribution >= 0.6 is 11.3 Å². The number of anilines is 1. The van der Waals surface area contributed by atoms with Crippen molar-refractivity contribution in [1.29, 1.82) is 0 Å². The first-order valence-electron chi connectivity index (χ1n) is 11.0. The lowest BCUT2D eigenvalue weighted by Gasteiger charge is -2.26. The van der Waals surface area contributed by atoms with Crippen LogP contribution < -0.4 is 20.8 Å². The van der Waals surface area contributed by atoms with E-state index < -0.39 is 5.91 Å². The highest BCUT2D eigenvalue weighted by atomic mass is 32.1. The van der Waals surface area contributed by atoms with E-state index in [0.717, 1.165) is 16.9 Å². The number of thiazole rings is 1. The Hall–Kier alpha value is -4.24. The number of carbonyl (C=O) groups excluding carboxylic acids is 2. The Kier molecular flexibility index (Phi) is 6.15. The van der Waals surface area contributed by atoms with Gasteiger partial charge in [-0.05, 0) is 36.4 Å². The number of ether oxygens (including phenoxy) is 1. The molecule has 2 amide bonds. The van der Waals surface area contributed by atoms with Crippen LogP contribution in [0, 0.1) is 0 Å². The number of hydrogen-bond acceptors (Lipinski definition) is 7. The second kappa shape index (κ2) is 9.55. The maximum Gasteiger partial charge on any atom is 0.250 e. The third-order valence-electron chi connectivity index (χ3n) is 5.58. The molecule has 35 heavy (non-hydrogen) atoms. The summed E-state index contributed by atoms with van der Waals surface area (Å²) in [5.41, 5.74) is 3.02. The van der Waals surface area contributed by atoms with Gasteiger partial charge in [0.25, 0.3) is 0 Å².